The van der Waals surface area contributed by atoms with Gasteiger partial charge in [-0.15, -0.1) is 11.3 Å². The second-order valence-corrected chi connectivity index (χ2v) is 7.34. The summed E-state index contributed by atoms with van der Waals surface area (Å²) in [6.45, 7) is 2.11. The molecule has 4 rings (SSSR count). The van der Waals surface area contributed by atoms with Crippen LogP contribution in [-0.2, 0) is 6.42 Å². The first kappa shape index (κ1) is 16.6. The fraction of sp³-hybridized carbons (Fsp3) is 0.0870. The average molecular weight is 356 g/mol. The van der Waals surface area contributed by atoms with E-state index in [1.807, 2.05) is 12.1 Å². The quantitative estimate of drug-likeness (QED) is 0.444. The van der Waals surface area contributed by atoms with Crippen LogP contribution < -0.4 is 5.32 Å². The van der Waals surface area contributed by atoms with Crippen LogP contribution in [0.1, 0.15) is 16.0 Å². The second kappa shape index (κ2) is 7.54. The SMILES string of the molecule is Cc1ccccc1Nc1nc(-c2ccccc2)c(Cc2ccccc2)s1. The lowest BCUT2D eigenvalue weighted by Crippen LogP contribution is -1.92. The molecule has 1 N–H and O–H groups in total. The average Bonchev–Trinajstić information content (AvgIpc) is 3.07. The summed E-state index contributed by atoms with van der Waals surface area (Å²) in [6.07, 6.45) is 0.887. The van der Waals surface area contributed by atoms with Crippen molar-refractivity contribution < 1.29 is 0 Å². The standard InChI is InChI=1S/C23H20N2S/c1-17-10-8-9-15-20(17)24-23-25-22(19-13-6-3-7-14-19)21(26-23)16-18-11-4-2-5-12-18/h2-15H,16H2,1H3,(H,24,25). The topological polar surface area (TPSA) is 24.9 Å². The van der Waals surface area contributed by atoms with E-state index in [9.17, 15) is 0 Å². The fourth-order valence-electron chi connectivity index (χ4n) is 2.96. The molecule has 0 fully saturated rings. The summed E-state index contributed by atoms with van der Waals surface area (Å²) in [4.78, 5) is 6.20. The lowest BCUT2D eigenvalue weighted by molar-refractivity contribution is 1.22. The summed E-state index contributed by atoms with van der Waals surface area (Å²) < 4.78 is 0. The number of nitrogens with zero attached hydrogens (tertiary/aromatic N) is 1. The van der Waals surface area contributed by atoms with Crippen molar-refractivity contribution >= 4 is 22.2 Å². The highest BCUT2D eigenvalue weighted by Gasteiger charge is 2.14. The van der Waals surface area contributed by atoms with E-state index in [4.69, 9.17) is 4.98 Å². The van der Waals surface area contributed by atoms with Crippen molar-refractivity contribution in [3.63, 3.8) is 0 Å². The molecule has 0 saturated carbocycles. The van der Waals surface area contributed by atoms with E-state index >= 15 is 0 Å². The van der Waals surface area contributed by atoms with Gasteiger partial charge in [-0.25, -0.2) is 4.98 Å². The van der Waals surface area contributed by atoms with Gasteiger partial charge < -0.3 is 5.32 Å². The Hall–Kier alpha value is -2.91. The Morgan fingerprint density at radius 2 is 1.46 bits per heavy atom. The number of aryl methyl sites for hydroxylation is 1. The zero-order valence-corrected chi connectivity index (χ0v) is 15.5. The zero-order valence-electron chi connectivity index (χ0n) is 14.6. The summed E-state index contributed by atoms with van der Waals surface area (Å²) in [5.41, 5.74) is 5.85. The van der Waals surface area contributed by atoms with Crippen LogP contribution in [0.25, 0.3) is 11.3 Å². The van der Waals surface area contributed by atoms with E-state index in [0.29, 0.717) is 0 Å². The molecule has 26 heavy (non-hydrogen) atoms. The largest absolute Gasteiger partial charge is 0.331 e. The molecule has 3 heteroatoms. The second-order valence-electron chi connectivity index (χ2n) is 6.26. The molecular formula is C23H20N2S. The monoisotopic (exact) mass is 356 g/mol. The first-order chi connectivity index (χ1) is 12.8. The molecule has 0 bridgehead atoms. The highest BCUT2D eigenvalue weighted by atomic mass is 32.1. The molecule has 128 valence electrons. The van der Waals surface area contributed by atoms with Gasteiger partial charge in [0, 0.05) is 22.5 Å². The van der Waals surface area contributed by atoms with E-state index in [0.717, 1.165) is 28.5 Å². The van der Waals surface area contributed by atoms with Crippen molar-refractivity contribution in [2.45, 2.75) is 13.3 Å². The zero-order chi connectivity index (χ0) is 17.8. The number of nitrogens with one attached hydrogen (secondary N) is 1. The molecule has 0 aliphatic rings. The number of anilines is 2. The lowest BCUT2D eigenvalue weighted by Gasteiger charge is -2.05. The van der Waals surface area contributed by atoms with E-state index in [-0.39, 0.29) is 0 Å². The minimum absolute atomic E-state index is 0.887. The number of para-hydroxylation sites is 1. The van der Waals surface area contributed by atoms with E-state index < -0.39 is 0 Å². The number of hydrogen-bond acceptors (Lipinski definition) is 3. The highest BCUT2D eigenvalue weighted by molar-refractivity contribution is 7.16. The van der Waals surface area contributed by atoms with Gasteiger partial charge in [0.25, 0.3) is 0 Å². The van der Waals surface area contributed by atoms with Crippen molar-refractivity contribution in [1.29, 1.82) is 0 Å². The first-order valence-corrected chi connectivity index (χ1v) is 9.53. The van der Waals surface area contributed by atoms with Gasteiger partial charge >= 0.3 is 0 Å². The molecule has 4 aromatic rings. The van der Waals surface area contributed by atoms with E-state index in [2.05, 4.69) is 85.0 Å². The fourth-order valence-corrected chi connectivity index (χ4v) is 3.99. The van der Waals surface area contributed by atoms with E-state index in [1.54, 1.807) is 11.3 Å². The van der Waals surface area contributed by atoms with Gasteiger partial charge in [-0.3, -0.25) is 0 Å². The van der Waals surface area contributed by atoms with Gasteiger partial charge in [0.15, 0.2) is 5.13 Å². The maximum absolute atomic E-state index is 4.92. The Labute approximate surface area is 158 Å². The van der Waals surface area contributed by atoms with Crippen LogP contribution in [0.5, 0.6) is 0 Å². The molecule has 0 spiro atoms. The molecule has 0 unspecified atom stereocenters. The third-order valence-corrected chi connectivity index (χ3v) is 5.31. The maximum Gasteiger partial charge on any atom is 0.187 e. The van der Waals surface area contributed by atoms with Gasteiger partial charge in [-0.05, 0) is 24.1 Å². The summed E-state index contributed by atoms with van der Waals surface area (Å²) in [6, 6.07) is 29.3. The molecular weight excluding hydrogens is 336 g/mol. The molecule has 0 aliphatic carbocycles. The van der Waals surface area contributed by atoms with Gasteiger partial charge in [0.05, 0.1) is 5.69 Å². The van der Waals surface area contributed by atoms with Crippen LogP contribution in [0.4, 0.5) is 10.8 Å². The van der Waals surface area contributed by atoms with Gasteiger partial charge in [0.2, 0.25) is 0 Å². The smallest absolute Gasteiger partial charge is 0.187 e. The lowest BCUT2D eigenvalue weighted by atomic mass is 10.1. The Kier molecular flexibility index (Phi) is 4.80. The minimum atomic E-state index is 0.887. The van der Waals surface area contributed by atoms with Crippen LogP contribution in [0.3, 0.4) is 0 Å². The van der Waals surface area contributed by atoms with Crippen LogP contribution in [0.15, 0.2) is 84.9 Å². The molecule has 0 saturated heterocycles. The predicted molar refractivity (Wildman–Crippen MR) is 111 cm³/mol. The van der Waals surface area contributed by atoms with Crippen LogP contribution in [-0.4, -0.2) is 4.98 Å². The normalized spacial score (nSPS) is 10.7. The predicted octanol–water partition coefficient (Wildman–Crippen LogP) is 6.45. The number of thiazole rings is 1. The van der Waals surface area contributed by atoms with Gasteiger partial charge in [0.1, 0.15) is 0 Å². The summed E-state index contributed by atoms with van der Waals surface area (Å²) >= 11 is 1.73. The number of rotatable bonds is 5. The Morgan fingerprint density at radius 1 is 0.808 bits per heavy atom. The number of aromatic nitrogens is 1. The van der Waals surface area contributed by atoms with Crippen molar-refractivity contribution in [3.05, 3.63) is 101 Å². The summed E-state index contributed by atoms with van der Waals surface area (Å²) in [7, 11) is 0. The first-order valence-electron chi connectivity index (χ1n) is 8.71. The van der Waals surface area contributed by atoms with Gasteiger partial charge in [-0.2, -0.15) is 0 Å². The van der Waals surface area contributed by atoms with Crippen molar-refractivity contribution in [2.75, 3.05) is 5.32 Å². The minimum Gasteiger partial charge on any atom is -0.331 e. The molecule has 0 atom stereocenters. The molecule has 0 amide bonds. The Bertz CT molecular complexity index is 991. The van der Waals surface area contributed by atoms with Crippen LogP contribution in [0.2, 0.25) is 0 Å². The van der Waals surface area contributed by atoms with Gasteiger partial charge in [-0.1, -0.05) is 78.9 Å². The highest BCUT2D eigenvalue weighted by Crippen LogP contribution is 2.34. The Morgan fingerprint density at radius 3 is 2.19 bits per heavy atom. The van der Waals surface area contributed by atoms with Crippen LogP contribution in [0, 0.1) is 6.92 Å². The van der Waals surface area contributed by atoms with Crippen LogP contribution >= 0.6 is 11.3 Å². The molecule has 1 heterocycles. The Balaban J connectivity index is 1.71. The third kappa shape index (κ3) is 3.68. The molecule has 0 aliphatic heterocycles. The molecule has 1 aromatic heterocycles. The van der Waals surface area contributed by atoms with E-state index in [1.165, 1.54) is 16.0 Å². The van der Waals surface area contributed by atoms with Crippen molar-refractivity contribution in [3.8, 4) is 11.3 Å². The third-order valence-electron chi connectivity index (χ3n) is 4.34. The molecule has 2 nitrogen and oxygen atoms in total. The maximum atomic E-state index is 4.92. The van der Waals surface area contributed by atoms with Crippen molar-refractivity contribution in [2.24, 2.45) is 0 Å². The summed E-state index contributed by atoms with van der Waals surface area (Å²) in [5.74, 6) is 0. The number of benzene rings is 3. The van der Waals surface area contributed by atoms with Crippen molar-refractivity contribution in [1.82, 2.24) is 4.98 Å². The molecule has 0 radical (unpaired) electrons. The molecule has 3 aromatic carbocycles. The number of hydrogen-bond donors (Lipinski definition) is 1. The summed E-state index contributed by atoms with van der Waals surface area (Å²) in [5, 5.41) is 4.43.